The zero-order valence-electron chi connectivity index (χ0n) is 11.2. The predicted octanol–water partition coefficient (Wildman–Crippen LogP) is 2.53. The van der Waals surface area contributed by atoms with E-state index in [0.29, 0.717) is 24.0 Å². The number of likely N-dealkylation sites (tertiary alicyclic amines) is 1. The number of ether oxygens (including phenoxy) is 1. The highest BCUT2D eigenvalue weighted by Crippen LogP contribution is 2.22. The maximum atomic E-state index is 12.4. The van der Waals surface area contributed by atoms with Crippen molar-refractivity contribution in [2.24, 2.45) is 0 Å². The Morgan fingerprint density at radius 2 is 2.24 bits per heavy atom. The third-order valence-corrected chi connectivity index (χ3v) is 4.23. The fraction of sp³-hybridized carbons (Fsp3) is 0.200. The van der Waals surface area contributed by atoms with Gasteiger partial charge in [-0.1, -0.05) is 29.5 Å². The first kappa shape index (κ1) is 12.4. The van der Waals surface area contributed by atoms with Gasteiger partial charge in [0.15, 0.2) is 0 Å². The summed E-state index contributed by atoms with van der Waals surface area (Å²) in [4.78, 5) is 21.4. The smallest absolute Gasteiger partial charge is 0.273 e. The number of carbonyl (C=O) groups excluding carboxylic acids is 1. The zero-order valence-corrected chi connectivity index (χ0v) is 12.0. The molecule has 0 unspecified atom stereocenters. The number of rotatable bonds is 3. The van der Waals surface area contributed by atoms with E-state index in [1.165, 1.54) is 11.3 Å². The number of H-pyrrole nitrogens is 1. The number of aromatic nitrogens is 2. The number of fused-ring (bicyclic) bond motifs is 1. The topological polar surface area (TPSA) is 58.2 Å². The Hall–Kier alpha value is -2.34. The second kappa shape index (κ2) is 4.89. The van der Waals surface area contributed by atoms with Gasteiger partial charge in [0.05, 0.1) is 13.1 Å². The lowest BCUT2D eigenvalue weighted by atomic mass is 10.1. The fourth-order valence-electron chi connectivity index (χ4n) is 2.45. The van der Waals surface area contributed by atoms with E-state index in [2.05, 4.69) is 9.97 Å². The summed E-state index contributed by atoms with van der Waals surface area (Å²) in [7, 11) is 0. The number of para-hydroxylation sites is 1. The molecule has 1 aromatic carbocycles. The number of carbonyl (C=O) groups is 1. The monoisotopic (exact) mass is 299 g/mol. The number of hydrogen-bond donors (Lipinski definition) is 1. The van der Waals surface area contributed by atoms with Crippen molar-refractivity contribution in [2.75, 3.05) is 13.1 Å². The highest BCUT2D eigenvalue weighted by atomic mass is 32.1. The predicted molar refractivity (Wildman–Crippen MR) is 80.7 cm³/mol. The molecule has 1 saturated heterocycles. The van der Waals surface area contributed by atoms with Gasteiger partial charge >= 0.3 is 0 Å². The van der Waals surface area contributed by atoms with Crippen molar-refractivity contribution in [3.05, 3.63) is 47.6 Å². The third-order valence-electron chi connectivity index (χ3n) is 3.57. The Balaban J connectivity index is 1.42. The molecule has 4 rings (SSSR count). The van der Waals surface area contributed by atoms with Crippen molar-refractivity contribution in [3.8, 4) is 5.19 Å². The molecule has 3 heterocycles. The van der Waals surface area contributed by atoms with E-state index in [1.807, 2.05) is 35.7 Å². The minimum atomic E-state index is 0.0187. The van der Waals surface area contributed by atoms with Crippen LogP contribution in [0.2, 0.25) is 0 Å². The van der Waals surface area contributed by atoms with Crippen molar-refractivity contribution < 1.29 is 9.53 Å². The zero-order chi connectivity index (χ0) is 14.2. The molecule has 1 fully saturated rings. The molecule has 0 spiro atoms. The van der Waals surface area contributed by atoms with E-state index in [1.54, 1.807) is 11.1 Å². The molecule has 106 valence electrons. The largest absolute Gasteiger partial charge is 0.463 e. The minimum absolute atomic E-state index is 0.0187. The molecule has 0 saturated carbocycles. The van der Waals surface area contributed by atoms with Crippen molar-refractivity contribution in [1.82, 2.24) is 14.9 Å². The number of hydrogen-bond acceptors (Lipinski definition) is 4. The van der Waals surface area contributed by atoms with Crippen molar-refractivity contribution in [3.63, 3.8) is 0 Å². The van der Waals surface area contributed by atoms with Crippen molar-refractivity contribution in [2.45, 2.75) is 6.10 Å². The van der Waals surface area contributed by atoms with Crippen LogP contribution < -0.4 is 4.74 Å². The number of nitrogens with one attached hydrogen (secondary N) is 1. The molecule has 0 radical (unpaired) electrons. The van der Waals surface area contributed by atoms with Crippen molar-refractivity contribution in [1.29, 1.82) is 0 Å². The lowest BCUT2D eigenvalue weighted by molar-refractivity contribution is 0.0173. The minimum Gasteiger partial charge on any atom is -0.463 e. The van der Waals surface area contributed by atoms with Crippen LogP contribution in [0, 0.1) is 0 Å². The standard InChI is InChI=1S/C15H13N3O2S/c19-14(13-7-10-3-1-2-4-12(10)17-13)18-8-11(9-18)20-15-16-5-6-21-15/h1-7,11,17H,8-9H2. The second-order valence-corrected chi connectivity index (χ2v) is 5.88. The molecule has 21 heavy (non-hydrogen) atoms. The van der Waals surface area contributed by atoms with Gasteiger partial charge in [0.1, 0.15) is 11.8 Å². The number of nitrogens with zero attached hydrogens (tertiary/aromatic N) is 2. The van der Waals surface area contributed by atoms with Crippen LogP contribution in [0.4, 0.5) is 0 Å². The Morgan fingerprint density at radius 1 is 1.38 bits per heavy atom. The molecular formula is C15H13N3O2S. The molecule has 1 aliphatic heterocycles. The Labute approximate surface area is 125 Å². The molecule has 1 amide bonds. The molecule has 2 aromatic heterocycles. The first-order chi connectivity index (χ1) is 10.3. The molecule has 6 heteroatoms. The van der Waals surface area contributed by atoms with Gasteiger partial charge in [0, 0.05) is 22.5 Å². The van der Waals surface area contributed by atoms with Gasteiger partial charge in [-0.15, -0.1) is 0 Å². The summed E-state index contributed by atoms with van der Waals surface area (Å²) in [6.07, 6.45) is 1.76. The lowest BCUT2D eigenvalue weighted by Crippen LogP contribution is -2.56. The molecule has 5 nitrogen and oxygen atoms in total. The lowest BCUT2D eigenvalue weighted by Gasteiger charge is -2.37. The normalized spacial score (nSPS) is 15.1. The van der Waals surface area contributed by atoms with Gasteiger partial charge in [-0.3, -0.25) is 4.79 Å². The Morgan fingerprint density at radius 3 is 3.00 bits per heavy atom. The van der Waals surface area contributed by atoms with Gasteiger partial charge in [-0.05, 0) is 12.1 Å². The van der Waals surface area contributed by atoms with Crippen LogP contribution >= 0.6 is 11.3 Å². The number of aromatic amines is 1. The van der Waals surface area contributed by atoms with Gasteiger partial charge in [-0.2, -0.15) is 0 Å². The molecule has 0 aliphatic carbocycles. The Bertz CT molecular complexity index is 742. The van der Waals surface area contributed by atoms with E-state index in [9.17, 15) is 4.79 Å². The van der Waals surface area contributed by atoms with E-state index in [0.717, 1.165) is 10.9 Å². The maximum absolute atomic E-state index is 12.4. The number of benzene rings is 1. The second-order valence-electron chi connectivity index (χ2n) is 5.02. The van der Waals surface area contributed by atoms with Crippen LogP contribution in [0.25, 0.3) is 10.9 Å². The summed E-state index contributed by atoms with van der Waals surface area (Å²) < 4.78 is 5.67. The molecule has 0 atom stereocenters. The van der Waals surface area contributed by atoms with E-state index in [-0.39, 0.29) is 12.0 Å². The molecule has 3 aromatic rings. The highest BCUT2D eigenvalue weighted by Gasteiger charge is 2.33. The average molecular weight is 299 g/mol. The molecule has 1 aliphatic rings. The van der Waals surface area contributed by atoms with Gasteiger partial charge in [-0.25, -0.2) is 4.98 Å². The van der Waals surface area contributed by atoms with Crippen LogP contribution in [0.5, 0.6) is 5.19 Å². The van der Waals surface area contributed by atoms with Crippen LogP contribution in [0.3, 0.4) is 0 Å². The van der Waals surface area contributed by atoms with Crippen LogP contribution in [0.15, 0.2) is 41.9 Å². The molecular weight excluding hydrogens is 286 g/mol. The number of thiazole rings is 1. The summed E-state index contributed by atoms with van der Waals surface area (Å²) in [6, 6.07) is 9.77. The summed E-state index contributed by atoms with van der Waals surface area (Å²) >= 11 is 1.47. The van der Waals surface area contributed by atoms with Crippen LogP contribution in [0.1, 0.15) is 10.5 Å². The SMILES string of the molecule is O=C(c1cc2ccccc2[nH]1)N1CC(Oc2nccs2)C1. The number of amides is 1. The highest BCUT2D eigenvalue weighted by molar-refractivity contribution is 7.11. The van der Waals surface area contributed by atoms with Gasteiger partial charge in [0.2, 0.25) is 0 Å². The average Bonchev–Trinajstić information content (AvgIpc) is 3.10. The van der Waals surface area contributed by atoms with Crippen LogP contribution in [-0.2, 0) is 0 Å². The van der Waals surface area contributed by atoms with Crippen LogP contribution in [-0.4, -0.2) is 40.0 Å². The summed E-state index contributed by atoms with van der Waals surface area (Å²) in [5.74, 6) is 0.0187. The van der Waals surface area contributed by atoms with Gasteiger partial charge < -0.3 is 14.6 Å². The molecule has 0 bridgehead atoms. The third kappa shape index (κ3) is 2.27. The summed E-state index contributed by atoms with van der Waals surface area (Å²) in [6.45, 7) is 1.21. The quantitative estimate of drug-likeness (QED) is 0.808. The van der Waals surface area contributed by atoms with E-state index in [4.69, 9.17) is 4.74 Å². The Kier molecular flexibility index (Phi) is 2.89. The van der Waals surface area contributed by atoms with E-state index >= 15 is 0 Å². The first-order valence-corrected chi connectivity index (χ1v) is 7.61. The van der Waals surface area contributed by atoms with E-state index < -0.39 is 0 Å². The van der Waals surface area contributed by atoms with Crippen molar-refractivity contribution >= 4 is 28.1 Å². The maximum Gasteiger partial charge on any atom is 0.273 e. The summed E-state index contributed by atoms with van der Waals surface area (Å²) in [5.41, 5.74) is 1.61. The fourth-order valence-corrected chi connectivity index (χ4v) is 3.00. The summed E-state index contributed by atoms with van der Waals surface area (Å²) in [5, 5.41) is 3.59. The molecule has 1 N–H and O–H groups in total. The first-order valence-electron chi connectivity index (χ1n) is 6.73. The van der Waals surface area contributed by atoms with Gasteiger partial charge in [0.25, 0.3) is 11.1 Å².